The van der Waals surface area contributed by atoms with Crippen LogP contribution in [0.15, 0.2) is 66.6 Å². The van der Waals surface area contributed by atoms with Gasteiger partial charge >= 0.3 is 5.97 Å². The number of quaternary nitrogens is 1. The molecule has 29 heavy (non-hydrogen) atoms. The van der Waals surface area contributed by atoms with Crippen LogP contribution in [-0.4, -0.2) is 25.7 Å². The van der Waals surface area contributed by atoms with Crippen LogP contribution in [0.5, 0.6) is 0 Å². The summed E-state index contributed by atoms with van der Waals surface area (Å²) in [6.45, 7) is -0.341. The van der Waals surface area contributed by atoms with E-state index in [0.717, 1.165) is 24.0 Å². The highest BCUT2D eigenvalue weighted by Gasteiger charge is 2.39. The van der Waals surface area contributed by atoms with Crippen LogP contribution in [0.3, 0.4) is 0 Å². The Morgan fingerprint density at radius 2 is 1.86 bits per heavy atom. The molecule has 146 valence electrons. The fraction of sp³-hybridized carbons (Fsp3) is 0.0500. The third-order valence-corrected chi connectivity index (χ3v) is 5.04. The van der Waals surface area contributed by atoms with E-state index < -0.39 is 43.9 Å². The van der Waals surface area contributed by atoms with Crippen molar-refractivity contribution in [1.82, 2.24) is 14.4 Å². The van der Waals surface area contributed by atoms with E-state index in [9.17, 15) is 23.9 Å². The second-order valence-electron chi connectivity index (χ2n) is 6.50. The molecule has 6 nitrogen and oxygen atoms in total. The van der Waals surface area contributed by atoms with E-state index in [0.29, 0.717) is 5.56 Å². The molecular weight excluding hydrogens is 400 g/mol. The summed E-state index contributed by atoms with van der Waals surface area (Å²) in [6, 6.07) is 10.1. The smallest absolute Gasteiger partial charge is 0.342 e. The lowest BCUT2D eigenvalue weighted by molar-refractivity contribution is -0.132. The molecule has 0 amide bonds. The van der Waals surface area contributed by atoms with Crippen LogP contribution in [0, 0.1) is 16.8 Å². The van der Waals surface area contributed by atoms with Gasteiger partial charge in [0.1, 0.15) is 24.1 Å². The molecule has 1 atom stereocenters. The number of fused-ring (bicyclic) bond motifs is 1. The summed E-state index contributed by atoms with van der Waals surface area (Å²) in [5.74, 6) is -3.37. The fourth-order valence-electron chi connectivity index (χ4n) is 3.32. The molecule has 1 N–H and O–H groups in total. The Kier molecular flexibility index (Phi) is 4.58. The number of aliphatic carboxylic acids is 1. The van der Waals surface area contributed by atoms with E-state index in [4.69, 9.17) is 12.2 Å². The van der Waals surface area contributed by atoms with Gasteiger partial charge in [0.05, 0.1) is 16.1 Å². The molecular formula is C20H13F2N3O3S. The van der Waals surface area contributed by atoms with E-state index in [2.05, 4.69) is 5.10 Å². The zero-order valence-corrected chi connectivity index (χ0v) is 15.6. The SMILES string of the molecule is O=C(O)C1=C[N+]([O-])(Cc2ccc(-n3cccn3)cc2)c2c(F)ccc(F)c2C1=S. The van der Waals surface area contributed by atoms with Gasteiger partial charge in [0, 0.05) is 18.0 Å². The number of hydrogen-bond acceptors (Lipinski definition) is 4. The minimum Gasteiger partial charge on any atom is -0.622 e. The number of nitrogens with zero attached hydrogens (tertiary/aromatic N) is 3. The maximum atomic E-state index is 14.6. The lowest BCUT2D eigenvalue weighted by atomic mass is 9.97. The molecule has 0 saturated heterocycles. The molecule has 1 unspecified atom stereocenters. The number of carbonyl (C=O) groups is 1. The average Bonchev–Trinajstić information content (AvgIpc) is 3.22. The largest absolute Gasteiger partial charge is 0.622 e. The molecule has 0 bridgehead atoms. The molecule has 9 heteroatoms. The number of thiocarbonyl (C=S) groups is 1. The van der Waals surface area contributed by atoms with Gasteiger partial charge in [0.15, 0.2) is 11.5 Å². The molecule has 2 heterocycles. The second-order valence-corrected chi connectivity index (χ2v) is 6.91. The number of halogens is 2. The van der Waals surface area contributed by atoms with E-state index in [1.54, 1.807) is 47.4 Å². The fourth-order valence-corrected chi connectivity index (χ4v) is 3.65. The van der Waals surface area contributed by atoms with Crippen LogP contribution in [0.1, 0.15) is 11.1 Å². The highest BCUT2D eigenvalue weighted by atomic mass is 32.1. The first kappa shape index (κ1) is 19.1. The molecule has 1 aliphatic heterocycles. The van der Waals surface area contributed by atoms with Gasteiger partial charge in [-0.25, -0.2) is 18.3 Å². The van der Waals surface area contributed by atoms with Crippen molar-refractivity contribution in [3.63, 3.8) is 0 Å². The molecule has 1 aromatic heterocycles. The lowest BCUT2D eigenvalue weighted by Crippen LogP contribution is -2.43. The molecule has 0 radical (unpaired) electrons. The lowest BCUT2D eigenvalue weighted by Gasteiger charge is -2.42. The van der Waals surface area contributed by atoms with Crippen LogP contribution in [0.4, 0.5) is 14.5 Å². The van der Waals surface area contributed by atoms with Gasteiger partial charge in [-0.2, -0.15) is 5.10 Å². The molecule has 0 saturated carbocycles. The van der Waals surface area contributed by atoms with Crippen LogP contribution in [0.25, 0.3) is 5.69 Å². The van der Waals surface area contributed by atoms with Crippen LogP contribution < -0.4 is 4.65 Å². The first-order chi connectivity index (χ1) is 13.8. The zero-order valence-electron chi connectivity index (χ0n) is 14.8. The van der Waals surface area contributed by atoms with Gasteiger partial charge in [-0.1, -0.05) is 24.4 Å². The van der Waals surface area contributed by atoms with Crippen molar-refractivity contribution >= 4 is 28.7 Å². The quantitative estimate of drug-likeness (QED) is 0.399. The number of hydrogen-bond donors (Lipinski definition) is 1. The van der Waals surface area contributed by atoms with Crippen molar-refractivity contribution in [3.05, 3.63) is 94.6 Å². The molecule has 3 aromatic rings. The first-order valence-electron chi connectivity index (χ1n) is 8.47. The van der Waals surface area contributed by atoms with E-state index in [1.807, 2.05) is 0 Å². The Labute approximate surface area is 169 Å². The normalized spacial score (nSPS) is 18.3. The van der Waals surface area contributed by atoms with Crippen molar-refractivity contribution in [2.75, 3.05) is 0 Å². The number of rotatable bonds is 4. The highest BCUT2D eigenvalue weighted by Crippen LogP contribution is 2.40. The summed E-state index contributed by atoms with van der Waals surface area (Å²) in [4.78, 5) is 11.2. The van der Waals surface area contributed by atoms with Crippen molar-refractivity contribution in [2.45, 2.75) is 6.54 Å². The van der Waals surface area contributed by atoms with Gasteiger partial charge < -0.3 is 10.3 Å². The predicted molar refractivity (Wildman–Crippen MR) is 106 cm³/mol. The van der Waals surface area contributed by atoms with Crippen LogP contribution in [-0.2, 0) is 11.3 Å². The van der Waals surface area contributed by atoms with Crippen molar-refractivity contribution in [1.29, 1.82) is 0 Å². The summed E-state index contributed by atoms with van der Waals surface area (Å²) in [6.07, 6.45) is 4.18. The number of benzene rings is 2. The summed E-state index contributed by atoms with van der Waals surface area (Å²) in [5, 5.41) is 27.1. The van der Waals surface area contributed by atoms with Crippen LogP contribution in [0.2, 0.25) is 0 Å². The van der Waals surface area contributed by atoms with Gasteiger partial charge in [-0.15, -0.1) is 0 Å². The summed E-state index contributed by atoms with van der Waals surface area (Å²) in [7, 11) is 0. The standard InChI is InChI=1S/C20H13F2N3O3S/c21-15-6-7-16(22)18-17(15)19(29)14(20(26)27)11-25(18,28)10-12-2-4-13(5-3-12)24-9-1-8-23-24/h1-9,11H,10H2,(H,26,27). The number of hydroxylamine groups is 2. The molecule has 4 rings (SSSR count). The molecule has 1 aliphatic rings. The van der Waals surface area contributed by atoms with E-state index in [-0.39, 0.29) is 6.54 Å². The molecule has 0 fully saturated rings. The summed E-state index contributed by atoms with van der Waals surface area (Å²) >= 11 is 5.02. The Balaban J connectivity index is 1.80. The van der Waals surface area contributed by atoms with Gasteiger partial charge in [0.2, 0.25) is 0 Å². The topological polar surface area (TPSA) is 78.2 Å². The number of carboxylic acids is 1. The molecule has 0 aliphatic carbocycles. The van der Waals surface area contributed by atoms with E-state index in [1.165, 1.54) is 0 Å². The number of aromatic nitrogens is 2. The van der Waals surface area contributed by atoms with Gasteiger partial charge in [-0.05, 0) is 30.3 Å². The first-order valence-corrected chi connectivity index (χ1v) is 8.88. The van der Waals surface area contributed by atoms with Gasteiger partial charge in [0.25, 0.3) is 0 Å². The van der Waals surface area contributed by atoms with Crippen molar-refractivity contribution < 1.29 is 18.7 Å². The van der Waals surface area contributed by atoms with Crippen molar-refractivity contribution in [2.24, 2.45) is 0 Å². The van der Waals surface area contributed by atoms with Gasteiger partial charge in [-0.3, -0.25) is 4.65 Å². The zero-order chi connectivity index (χ0) is 20.8. The Morgan fingerprint density at radius 1 is 1.17 bits per heavy atom. The highest BCUT2D eigenvalue weighted by molar-refractivity contribution is 7.81. The van der Waals surface area contributed by atoms with Crippen molar-refractivity contribution in [3.8, 4) is 5.69 Å². The maximum Gasteiger partial charge on any atom is 0.342 e. The Hall–Kier alpha value is -3.27. The molecule has 0 spiro atoms. The monoisotopic (exact) mass is 413 g/mol. The van der Waals surface area contributed by atoms with Crippen LogP contribution >= 0.6 is 12.2 Å². The third kappa shape index (κ3) is 3.25. The van der Waals surface area contributed by atoms with E-state index >= 15 is 0 Å². The predicted octanol–water partition coefficient (Wildman–Crippen LogP) is 3.86. The Morgan fingerprint density at radius 3 is 2.48 bits per heavy atom. The number of carboxylic acid groups (broad SMARTS) is 1. The average molecular weight is 413 g/mol. The summed E-state index contributed by atoms with van der Waals surface area (Å²) < 4.78 is 29.1. The Bertz CT molecular complexity index is 1160. The second kappa shape index (κ2) is 6.96. The summed E-state index contributed by atoms with van der Waals surface area (Å²) in [5.41, 5.74) is -0.297. The third-order valence-electron chi connectivity index (χ3n) is 4.62. The molecule has 2 aromatic carbocycles. The minimum absolute atomic E-state index is 0.341. The minimum atomic E-state index is -1.51. The maximum absolute atomic E-state index is 14.6.